The summed E-state index contributed by atoms with van der Waals surface area (Å²) >= 11 is 0. The smallest absolute Gasteiger partial charge is 0.258 e. The highest BCUT2D eigenvalue weighted by Gasteiger charge is 2.15. The second kappa shape index (κ2) is 10.5. The van der Waals surface area contributed by atoms with Crippen molar-refractivity contribution >= 4 is 11.8 Å². The lowest BCUT2D eigenvalue weighted by Crippen LogP contribution is -3.08. The van der Waals surface area contributed by atoms with Crippen LogP contribution in [-0.4, -0.2) is 38.1 Å². The Hall–Kier alpha value is -2.86. The number of rotatable bonds is 9. The highest BCUT2D eigenvalue weighted by molar-refractivity contribution is 5.85. The van der Waals surface area contributed by atoms with Gasteiger partial charge in [-0.25, -0.2) is 0 Å². The molecule has 3 N–H and O–H groups in total. The van der Waals surface area contributed by atoms with Gasteiger partial charge in [-0.2, -0.15) is 0 Å². The molecule has 148 valence electrons. The molecule has 2 aromatic rings. The minimum absolute atomic E-state index is 0.0621. The summed E-state index contributed by atoms with van der Waals surface area (Å²) in [6.07, 6.45) is 2.66. The molecule has 6 heteroatoms. The van der Waals surface area contributed by atoms with Gasteiger partial charge in [-0.05, 0) is 17.7 Å². The van der Waals surface area contributed by atoms with Gasteiger partial charge in [0.2, 0.25) is 5.91 Å². The van der Waals surface area contributed by atoms with Crippen LogP contribution in [-0.2, 0) is 22.7 Å². The summed E-state index contributed by atoms with van der Waals surface area (Å²) in [6.45, 7) is 3.88. The average molecular weight is 382 g/mol. The van der Waals surface area contributed by atoms with Gasteiger partial charge in [0.05, 0.1) is 19.6 Å². The van der Waals surface area contributed by atoms with Crippen LogP contribution in [0, 0.1) is 0 Å². The second-order valence-electron chi connectivity index (χ2n) is 7.11. The predicted molar refractivity (Wildman–Crippen MR) is 107 cm³/mol. The first kappa shape index (κ1) is 19.9. The van der Waals surface area contributed by atoms with E-state index >= 15 is 0 Å². The van der Waals surface area contributed by atoms with E-state index in [-0.39, 0.29) is 25.0 Å². The van der Waals surface area contributed by atoms with E-state index in [9.17, 15) is 9.59 Å². The summed E-state index contributed by atoms with van der Waals surface area (Å²) in [4.78, 5) is 25.3. The molecule has 0 aliphatic carbocycles. The van der Waals surface area contributed by atoms with Crippen molar-refractivity contribution in [3.8, 4) is 5.75 Å². The predicted octanol–water partition coefficient (Wildman–Crippen LogP) is 0.677. The summed E-state index contributed by atoms with van der Waals surface area (Å²) in [6, 6.07) is 17.5. The number of carbonyl (C=O) groups is 2. The van der Waals surface area contributed by atoms with Crippen LogP contribution in [0.3, 0.4) is 0 Å². The van der Waals surface area contributed by atoms with Gasteiger partial charge in [-0.3, -0.25) is 9.59 Å². The van der Waals surface area contributed by atoms with E-state index in [4.69, 9.17) is 4.74 Å². The summed E-state index contributed by atoms with van der Waals surface area (Å²) < 4.78 is 5.34. The molecule has 0 spiro atoms. The molecular weight excluding hydrogens is 354 g/mol. The maximum atomic E-state index is 11.9. The minimum atomic E-state index is -0.326. The maximum Gasteiger partial charge on any atom is 0.258 e. The number of para-hydroxylation sites is 1. The zero-order chi connectivity index (χ0) is 19.6. The largest absolute Gasteiger partial charge is 0.484 e. The summed E-state index contributed by atoms with van der Waals surface area (Å²) in [5.41, 5.74) is 2.38. The SMILES string of the molecule is O=C(CNC(=O)COc1ccccc1)NCc1ccc(C[NH+]2CCCC2)cc1. The Morgan fingerprint density at radius 1 is 0.857 bits per heavy atom. The Labute approximate surface area is 165 Å². The number of ether oxygens (including phenoxy) is 1. The van der Waals surface area contributed by atoms with Crippen molar-refractivity contribution < 1.29 is 19.2 Å². The Morgan fingerprint density at radius 3 is 2.25 bits per heavy atom. The minimum Gasteiger partial charge on any atom is -0.484 e. The average Bonchev–Trinajstić information content (AvgIpc) is 3.24. The van der Waals surface area contributed by atoms with Crippen LogP contribution in [0.2, 0.25) is 0 Å². The van der Waals surface area contributed by atoms with E-state index in [0.29, 0.717) is 12.3 Å². The van der Waals surface area contributed by atoms with Gasteiger partial charge >= 0.3 is 0 Å². The van der Waals surface area contributed by atoms with Crippen LogP contribution >= 0.6 is 0 Å². The molecule has 1 heterocycles. The maximum absolute atomic E-state index is 11.9. The molecule has 2 amide bonds. The normalized spacial score (nSPS) is 13.9. The van der Waals surface area contributed by atoms with Gasteiger partial charge in [-0.1, -0.05) is 42.5 Å². The lowest BCUT2D eigenvalue weighted by atomic mass is 10.1. The van der Waals surface area contributed by atoms with Gasteiger partial charge in [-0.15, -0.1) is 0 Å². The lowest BCUT2D eigenvalue weighted by molar-refractivity contribution is -0.901. The second-order valence-corrected chi connectivity index (χ2v) is 7.11. The quantitative estimate of drug-likeness (QED) is 0.597. The monoisotopic (exact) mass is 382 g/mol. The van der Waals surface area contributed by atoms with Crippen LogP contribution in [0.1, 0.15) is 24.0 Å². The molecule has 0 atom stereocenters. The van der Waals surface area contributed by atoms with Gasteiger partial charge < -0.3 is 20.3 Å². The van der Waals surface area contributed by atoms with Crippen molar-refractivity contribution in [2.24, 2.45) is 0 Å². The van der Waals surface area contributed by atoms with Crippen LogP contribution in [0.5, 0.6) is 5.75 Å². The van der Waals surface area contributed by atoms with E-state index in [2.05, 4.69) is 34.9 Å². The fraction of sp³-hybridized carbons (Fsp3) is 0.364. The van der Waals surface area contributed by atoms with Gasteiger partial charge in [0.15, 0.2) is 6.61 Å². The van der Waals surface area contributed by atoms with E-state index in [1.165, 1.54) is 31.5 Å². The first-order valence-corrected chi connectivity index (χ1v) is 9.82. The molecule has 0 aromatic heterocycles. The van der Waals surface area contributed by atoms with Gasteiger partial charge in [0.25, 0.3) is 5.91 Å². The fourth-order valence-corrected chi connectivity index (χ4v) is 3.27. The Bertz CT molecular complexity index is 756. The third-order valence-electron chi connectivity index (χ3n) is 4.84. The number of quaternary nitrogens is 1. The van der Waals surface area contributed by atoms with Crippen LogP contribution < -0.4 is 20.3 Å². The van der Waals surface area contributed by atoms with Gasteiger partial charge in [0.1, 0.15) is 12.3 Å². The van der Waals surface area contributed by atoms with E-state index in [0.717, 1.165) is 12.1 Å². The first-order valence-electron chi connectivity index (χ1n) is 9.82. The third kappa shape index (κ3) is 6.70. The molecule has 0 bridgehead atoms. The first-order chi connectivity index (χ1) is 13.7. The highest BCUT2D eigenvalue weighted by atomic mass is 16.5. The number of benzene rings is 2. The highest BCUT2D eigenvalue weighted by Crippen LogP contribution is 2.07. The number of nitrogens with one attached hydrogen (secondary N) is 3. The molecule has 28 heavy (non-hydrogen) atoms. The molecule has 2 aromatic carbocycles. The Morgan fingerprint density at radius 2 is 1.54 bits per heavy atom. The molecule has 1 aliphatic heterocycles. The topological polar surface area (TPSA) is 71.9 Å². The van der Waals surface area contributed by atoms with Crippen molar-refractivity contribution in [1.29, 1.82) is 0 Å². The summed E-state index contributed by atoms with van der Waals surface area (Å²) in [5, 5.41) is 5.38. The number of carbonyl (C=O) groups excluding carboxylic acids is 2. The van der Waals surface area contributed by atoms with Crippen LogP contribution in [0.15, 0.2) is 54.6 Å². The molecule has 3 rings (SSSR count). The van der Waals surface area contributed by atoms with Crippen molar-refractivity contribution in [3.05, 3.63) is 65.7 Å². The molecule has 0 radical (unpaired) electrons. The van der Waals surface area contributed by atoms with E-state index < -0.39 is 0 Å². The molecule has 6 nitrogen and oxygen atoms in total. The molecule has 1 saturated heterocycles. The Balaban J connectivity index is 1.31. The van der Waals surface area contributed by atoms with Crippen molar-refractivity contribution in [3.63, 3.8) is 0 Å². The van der Waals surface area contributed by atoms with Gasteiger partial charge in [0, 0.05) is 24.9 Å². The zero-order valence-corrected chi connectivity index (χ0v) is 16.1. The number of likely N-dealkylation sites (tertiary alicyclic amines) is 1. The van der Waals surface area contributed by atoms with Crippen LogP contribution in [0.25, 0.3) is 0 Å². The van der Waals surface area contributed by atoms with Crippen molar-refractivity contribution in [1.82, 2.24) is 10.6 Å². The van der Waals surface area contributed by atoms with Crippen molar-refractivity contribution in [2.45, 2.75) is 25.9 Å². The number of hydrogen-bond donors (Lipinski definition) is 3. The fourth-order valence-electron chi connectivity index (χ4n) is 3.27. The molecule has 0 unspecified atom stereocenters. The molecule has 1 fully saturated rings. The standard InChI is InChI=1S/C22H27N3O3/c26-21(15-24-22(27)17-28-20-6-2-1-3-7-20)23-14-18-8-10-19(11-9-18)16-25-12-4-5-13-25/h1-3,6-11H,4-5,12-17H2,(H,23,26)(H,24,27)/p+1. The van der Waals surface area contributed by atoms with E-state index in [1.807, 2.05) is 18.2 Å². The summed E-state index contributed by atoms with van der Waals surface area (Å²) in [7, 11) is 0. The molecule has 1 aliphatic rings. The van der Waals surface area contributed by atoms with Crippen molar-refractivity contribution in [2.75, 3.05) is 26.2 Å². The number of amides is 2. The lowest BCUT2D eigenvalue weighted by Gasteiger charge is -2.12. The van der Waals surface area contributed by atoms with Crippen LogP contribution in [0.4, 0.5) is 0 Å². The third-order valence-corrected chi connectivity index (χ3v) is 4.84. The molecule has 0 saturated carbocycles. The summed E-state index contributed by atoms with van der Waals surface area (Å²) in [5.74, 6) is 0.0725. The molecular formula is C22H28N3O3+. The number of hydrogen-bond acceptors (Lipinski definition) is 3. The zero-order valence-electron chi connectivity index (χ0n) is 16.1. The Kier molecular flexibility index (Phi) is 7.44. The van der Waals surface area contributed by atoms with E-state index in [1.54, 1.807) is 17.0 Å².